The van der Waals surface area contributed by atoms with Gasteiger partial charge in [0.05, 0.1) is 13.2 Å². The Kier molecular flexibility index (Phi) is 7.75. The summed E-state index contributed by atoms with van der Waals surface area (Å²) in [7, 11) is -1.80. The van der Waals surface area contributed by atoms with E-state index < -0.39 is 16.2 Å². The van der Waals surface area contributed by atoms with Gasteiger partial charge in [-0.05, 0) is 12.5 Å². The molecule has 9 heteroatoms. The normalized spacial score (nSPS) is 24.0. The predicted octanol–water partition coefficient (Wildman–Crippen LogP) is 0.859. The number of carboxylic acid groups (broad SMARTS) is 1. The van der Waals surface area contributed by atoms with Gasteiger partial charge >= 0.3 is 0 Å². The van der Waals surface area contributed by atoms with Gasteiger partial charge in [-0.25, -0.2) is 0 Å². The molecular formula is C18H29N3O5S. The second-order valence-corrected chi connectivity index (χ2v) is 8.94. The van der Waals surface area contributed by atoms with Gasteiger partial charge < -0.3 is 9.84 Å². The van der Waals surface area contributed by atoms with Gasteiger partial charge in [-0.3, -0.25) is 9.69 Å². The van der Waals surface area contributed by atoms with Crippen molar-refractivity contribution in [1.82, 2.24) is 13.5 Å². The van der Waals surface area contributed by atoms with Crippen LogP contribution in [0.25, 0.3) is 0 Å². The summed E-state index contributed by atoms with van der Waals surface area (Å²) in [6.07, 6.45) is 0. The largest absolute Gasteiger partial charge is 0.481 e. The Hall–Kier alpha value is -1.52. The fourth-order valence-corrected chi connectivity index (χ4v) is 4.75. The number of hydrogen-bond acceptors (Lipinski definition) is 5. The van der Waals surface area contributed by atoms with Crippen LogP contribution in [0.15, 0.2) is 30.3 Å². The maximum Gasteiger partial charge on any atom is 0.300 e. The molecule has 2 heterocycles. The van der Waals surface area contributed by atoms with Crippen LogP contribution in [0.1, 0.15) is 19.4 Å². The predicted molar refractivity (Wildman–Crippen MR) is 102 cm³/mol. The van der Waals surface area contributed by atoms with Crippen LogP contribution in [0, 0.1) is 0 Å². The number of ether oxygens (including phenoxy) is 1. The average Bonchev–Trinajstić information content (AvgIpc) is 2.62. The van der Waals surface area contributed by atoms with E-state index in [0.29, 0.717) is 32.3 Å². The van der Waals surface area contributed by atoms with Crippen molar-refractivity contribution < 1.29 is 23.1 Å². The Bertz CT molecular complexity index is 709. The number of fused-ring (bicyclic) bond motifs is 1. The molecule has 2 aliphatic heterocycles. The zero-order valence-electron chi connectivity index (χ0n) is 16.1. The minimum absolute atomic E-state index is 0.160. The van der Waals surface area contributed by atoms with Crippen molar-refractivity contribution in [2.24, 2.45) is 0 Å². The fourth-order valence-electron chi connectivity index (χ4n) is 3.37. The van der Waals surface area contributed by atoms with E-state index in [1.165, 1.54) is 4.31 Å². The highest BCUT2D eigenvalue weighted by Gasteiger charge is 2.38. The molecule has 8 nitrogen and oxygen atoms in total. The van der Waals surface area contributed by atoms with E-state index in [4.69, 9.17) is 14.6 Å². The van der Waals surface area contributed by atoms with Gasteiger partial charge in [0, 0.05) is 52.2 Å². The van der Waals surface area contributed by atoms with Gasteiger partial charge in [0.25, 0.3) is 16.2 Å². The SMILES string of the molecule is CC(=O)O.C[C@H]1COC[C@H]2CN(S(=O)(=O)N(C)Cc3ccccc3)CCN21. The molecule has 2 fully saturated rings. The lowest BCUT2D eigenvalue weighted by Crippen LogP contribution is -2.63. The summed E-state index contributed by atoms with van der Waals surface area (Å²) >= 11 is 0. The summed E-state index contributed by atoms with van der Waals surface area (Å²) in [5.74, 6) is -0.833. The van der Waals surface area contributed by atoms with Crippen LogP contribution in [0.4, 0.5) is 0 Å². The Morgan fingerprint density at radius 1 is 1.26 bits per heavy atom. The van der Waals surface area contributed by atoms with Gasteiger partial charge in [-0.1, -0.05) is 30.3 Å². The highest BCUT2D eigenvalue weighted by Crippen LogP contribution is 2.22. The Labute approximate surface area is 161 Å². The van der Waals surface area contributed by atoms with Gasteiger partial charge in [0.15, 0.2) is 0 Å². The first-order valence-electron chi connectivity index (χ1n) is 9.00. The molecule has 0 saturated carbocycles. The third-order valence-corrected chi connectivity index (χ3v) is 6.60. The van der Waals surface area contributed by atoms with Crippen LogP contribution in [-0.2, 0) is 26.3 Å². The maximum absolute atomic E-state index is 12.8. The van der Waals surface area contributed by atoms with Crippen molar-refractivity contribution in [2.45, 2.75) is 32.5 Å². The van der Waals surface area contributed by atoms with Gasteiger partial charge in [0.2, 0.25) is 0 Å². The molecule has 3 rings (SSSR count). The molecule has 0 bridgehead atoms. The standard InChI is InChI=1S/C16H25N3O3S.C2H4O2/c1-14-12-22-13-16-11-18(8-9-19(14)16)23(20,21)17(2)10-15-6-4-3-5-7-15;1-2(3)4/h3-7,14,16H,8-13H2,1-2H3;1H3,(H,3,4)/t14-,16+;/m0./s1. The number of morpholine rings is 1. The van der Waals surface area contributed by atoms with E-state index in [2.05, 4.69) is 11.8 Å². The molecule has 0 amide bonds. The molecule has 1 N–H and O–H groups in total. The van der Waals surface area contributed by atoms with E-state index in [9.17, 15) is 8.42 Å². The van der Waals surface area contributed by atoms with Crippen LogP contribution < -0.4 is 0 Å². The highest BCUT2D eigenvalue weighted by atomic mass is 32.2. The van der Waals surface area contributed by atoms with Crippen molar-refractivity contribution in [3.63, 3.8) is 0 Å². The first-order valence-corrected chi connectivity index (χ1v) is 10.4. The second kappa shape index (κ2) is 9.61. The molecule has 2 aliphatic rings. The molecule has 2 atom stereocenters. The number of aliphatic carboxylic acids is 1. The van der Waals surface area contributed by atoms with Crippen LogP contribution in [0.2, 0.25) is 0 Å². The Morgan fingerprint density at radius 3 is 2.52 bits per heavy atom. The number of rotatable bonds is 4. The summed E-state index contributed by atoms with van der Waals surface area (Å²) < 4.78 is 34.3. The maximum atomic E-state index is 12.8. The van der Waals surface area contributed by atoms with E-state index in [1.807, 2.05) is 30.3 Å². The molecule has 0 unspecified atom stereocenters. The van der Waals surface area contributed by atoms with Crippen LogP contribution in [-0.4, -0.2) is 85.0 Å². The zero-order valence-corrected chi connectivity index (χ0v) is 16.9. The lowest BCUT2D eigenvalue weighted by Gasteiger charge is -2.46. The van der Waals surface area contributed by atoms with E-state index in [0.717, 1.165) is 25.6 Å². The molecule has 0 radical (unpaired) electrons. The molecule has 2 saturated heterocycles. The van der Waals surface area contributed by atoms with E-state index in [1.54, 1.807) is 11.4 Å². The van der Waals surface area contributed by atoms with Crippen molar-refractivity contribution in [2.75, 3.05) is 39.9 Å². The zero-order chi connectivity index (χ0) is 20.0. The lowest BCUT2D eigenvalue weighted by atomic mass is 10.1. The van der Waals surface area contributed by atoms with Crippen LogP contribution >= 0.6 is 0 Å². The Balaban J connectivity index is 0.000000596. The number of carbonyl (C=O) groups is 1. The topological polar surface area (TPSA) is 90.4 Å². The number of piperazine rings is 1. The summed E-state index contributed by atoms with van der Waals surface area (Å²) in [5, 5.41) is 7.42. The fraction of sp³-hybridized carbons (Fsp3) is 0.611. The third-order valence-electron chi connectivity index (χ3n) is 4.69. The molecule has 152 valence electrons. The van der Waals surface area contributed by atoms with Gasteiger partial charge in [-0.2, -0.15) is 17.0 Å². The quantitative estimate of drug-likeness (QED) is 0.808. The molecular weight excluding hydrogens is 370 g/mol. The molecule has 0 aliphatic carbocycles. The number of hydrogen-bond donors (Lipinski definition) is 1. The minimum atomic E-state index is -3.44. The lowest BCUT2D eigenvalue weighted by molar-refractivity contribution is -0.134. The summed E-state index contributed by atoms with van der Waals surface area (Å²) in [6.45, 7) is 6.77. The molecule has 1 aromatic carbocycles. The van der Waals surface area contributed by atoms with Gasteiger partial charge in [-0.15, -0.1) is 0 Å². The van der Waals surface area contributed by atoms with E-state index >= 15 is 0 Å². The summed E-state index contributed by atoms with van der Waals surface area (Å²) in [4.78, 5) is 11.4. The van der Waals surface area contributed by atoms with Crippen LogP contribution in [0.3, 0.4) is 0 Å². The summed E-state index contributed by atoms with van der Waals surface area (Å²) in [6, 6.07) is 10.2. The smallest absolute Gasteiger partial charge is 0.300 e. The monoisotopic (exact) mass is 399 g/mol. The van der Waals surface area contributed by atoms with Crippen molar-refractivity contribution in [3.8, 4) is 0 Å². The number of carboxylic acids is 1. The van der Waals surface area contributed by atoms with Crippen molar-refractivity contribution >= 4 is 16.2 Å². The molecule has 0 aromatic heterocycles. The van der Waals surface area contributed by atoms with Crippen molar-refractivity contribution in [3.05, 3.63) is 35.9 Å². The minimum Gasteiger partial charge on any atom is -0.481 e. The van der Waals surface area contributed by atoms with Crippen molar-refractivity contribution in [1.29, 1.82) is 0 Å². The number of benzene rings is 1. The van der Waals surface area contributed by atoms with E-state index in [-0.39, 0.29) is 6.04 Å². The number of nitrogens with zero attached hydrogens (tertiary/aromatic N) is 3. The Morgan fingerprint density at radius 2 is 1.89 bits per heavy atom. The highest BCUT2D eigenvalue weighted by molar-refractivity contribution is 7.86. The molecule has 27 heavy (non-hydrogen) atoms. The first kappa shape index (κ1) is 21.8. The molecule has 0 spiro atoms. The second-order valence-electron chi connectivity index (χ2n) is 6.90. The summed E-state index contributed by atoms with van der Waals surface area (Å²) in [5.41, 5.74) is 0.992. The third kappa shape index (κ3) is 5.98. The van der Waals surface area contributed by atoms with Crippen LogP contribution in [0.5, 0.6) is 0 Å². The van der Waals surface area contributed by atoms with Gasteiger partial charge in [0.1, 0.15) is 0 Å². The average molecular weight is 400 g/mol. The first-order chi connectivity index (χ1) is 12.7. The molecule has 1 aromatic rings.